The van der Waals surface area contributed by atoms with Gasteiger partial charge in [-0.15, -0.1) is 0 Å². The minimum atomic E-state index is -0.860. The SMILES string of the molecule is Fc1c(Cl)ncc2c(N3CCCC4C(F)C43)nc(Cl)nc12. The van der Waals surface area contributed by atoms with Crippen molar-refractivity contribution in [2.24, 2.45) is 5.92 Å². The van der Waals surface area contributed by atoms with Crippen molar-refractivity contribution in [3.8, 4) is 0 Å². The first kappa shape index (κ1) is 13.4. The van der Waals surface area contributed by atoms with Crippen LogP contribution in [0.2, 0.25) is 10.4 Å². The summed E-state index contributed by atoms with van der Waals surface area (Å²) < 4.78 is 27.9. The van der Waals surface area contributed by atoms with Crippen molar-refractivity contribution in [2.75, 3.05) is 11.4 Å². The first-order valence-electron chi connectivity index (χ1n) is 6.66. The van der Waals surface area contributed by atoms with Gasteiger partial charge in [-0.05, 0) is 24.4 Å². The molecule has 0 radical (unpaired) electrons. The molecule has 1 aliphatic carbocycles. The summed E-state index contributed by atoms with van der Waals surface area (Å²) >= 11 is 11.6. The van der Waals surface area contributed by atoms with Crippen molar-refractivity contribution in [3.63, 3.8) is 0 Å². The number of pyridine rings is 1. The van der Waals surface area contributed by atoms with Crippen molar-refractivity contribution in [1.82, 2.24) is 15.0 Å². The number of hydrogen-bond donors (Lipinski definition) is 0. The molecule has 21 heavy (non-hydrogen) atoms. The maximum Gasteiger partial charge on any atom is 0.225 e. The number of anilines is 1. The van der Waals surface area contributed by atoms with Gasteiger partial charge in [-0.3, -0.25) is 0 Å². The average molecular weight is 331 g/mol. The third-order valence-corrected chi connectivity index (χ3v) is 4.63. The molecule has 0 aromatic carbocycles. The molecule has 1 saturated carbocycles. The van der Waals surface area contributed by atoms with Crippen LogP contribution < -0.4 is 4.90 Å². The molecule has 110 valence electrons. The molecule has 3 unspecified atom stereocenters. The van der Waals surface area contributed by atoms with Gasteiger partial charge in [0.1, 0.15) is 17.5 Å². The van der Waals surface area contributed by atoms with E-state index in [1.165, 1.54) is 6.20 Å². The number of nitrogens with zero attached hydrogens (tertiary/aromatic N) is 4. The van der Waals surface area contributed by atoms with E-state index >= 15 is 0 Å². The molecule has 8 heteroatoms. The topological polar surface area (TPSA) is 41.9 Å². The van der Waals surface area contributed by atoms with Gasteiger partial charge in [0.15, 0.2) is 11.0 Å². The van der Waals surface area contributed by atoms with E-state index in [9.17, 15) is 8.78 Å². The molecule has 0 bridgehead atoms. The Labute approximate surface area is 129 Å². The highest BCUT2D eigenvalue weighted by Gasteiger charge is 2.56. The molecule has 0 amide bonds. The van der Waals surface area contributed by atoms with Crippen LogP contribution in [-0.2, 0) is 0 Å². The first-order chi connectivity index (χ1) is 10.1. The second-order valence-corrected chi connectivity index (χ2v) is 6.07. The van der Waals surface area contributed by atoms with Gasteiger partial charge >= 0.3 is 0 Å². The lowest BCUT2D eigenvalue weighted by atomic mass is 10.1. The summed E-state index contributed by atoms with van der Waals surface area (Å²) in [7, 11) is 0. The Hall–Kier alpha value is -1.27. The average Bonchev–Trinajstić information content (AvgIpc) is 3.14. The normalized spacial score (nSPS) is 27.8. The van der Waals surface area contributed by atoms with E-state index in [0.29, 0.717) is 17.7 Å². The minimum Gasteiger partial charge on any atom is -0.350 e. The van der Waals surface area contributed by atoms with Crippen LogP contribution in [0.15, 0.2) is 6.20 Å². The van der Waals surface area contributed by atoms with E-state index in [2.05, 4.69) is 15.0 Å². The third kappa shape index (κ3) is 1.96. The predicted octanol–water partition coefficient (Wildman–Crippen LogP) is 3.41. The van der Waals surface area contributed by atoms with Crippen molar-refractivity contribution in [3.05, 3.63) is 22.5 Å². The highest BCUT2D eigenvalue weighted by Crippen LogP contribution is 2.48. The largest absolute Gasteiger partial charge is 0.350 e. The molecule has 2 aromatic rings. The molecule has 2 aliphatic rings. The fourth-order valence-corrected chi connectivity index (χ4v) is 3.46. The minimum absolute atomic E-state index is 0.0168. The van der Waals surface area contributed by atoms with Crippen molar-refractivity contribution < 1.29 is 8.78 Å². The van der Waals surface area contributed by atoms with Gasteiger partial charge in [0, 0.05) is 18.7 Å². The molecule has 2 aromatic heterocycles. The van der Waals surface area contributed by atoms with Crippen molar-refractivity contribution in [1.29, 1.82) is 0 Å². The van der Waals surface area contributed by atoms with E-state index in [-0.39, 0.29) is 27.9 Å². The number of halogens is 4. The lowest BCUT2D eigenvalue weighted by Gasteiger charge is -2.28. The monoisotopic (exact) mass is 330 g/mol. The zero-order valence-corrected chi connectivity index (χ0v) is 12.2. The Bertz CT molecular complexity index is 742. The summed E-state index contributed by atoms with van der Waals surface area (Å²) in [5.41, 5.74) is 0.0168. The van der Waals surface area contributed by atoms with Crippen molar-refractivity contribution >= 4 is 39.9 Å². The Morgan fingerprint density at radius 1 is 1.29 bits per heavy atom. The van der Waals surface area contributed by atoms with Crippen LogP contribution >= 0.6 is 23.2 Å². The van der Waals surface area contributed by atoms with Gasteiger partial charge in [-0.25, -0.2) is 18.7 Å². The zero-order valence-electron chi connectivity index (χ0n) is 10.7. The molecule has 2 fully saturated rings. The van der Waals surface area contributed by atoms with Crippen LogP contribution in [0.5, 0.6) is 0 Å². The molecule has 3 atom stereocenters. The zero-order chi connectivity index (χ0) is 14.7. The van der Waals surface area contributed by atoms with Gasteiger partial charge in [-0.2, -0.15) is 4.98 Å². The summed E-state index contributed by atoms with van der Waals surface area (Å²) in [5, 5.41) is 0.0485. The Balaban J connectivity index is 1.90. The molecule has 3 heterocycles. The second-order valence-electron chi connectivity index (χ2n) is 5.38. The summed E-state index contributed by atoms with van der Waals surface area (Å²) in [4.78, 5) is 13.7. The van der Waals surface area contributed by atoms with Crippen LogP contribution in [0.1, 0.15) is 12.8 Å². The number of piperidine rings is 1. The summed E-state index contributed by atoms with van der Waals surface area (Å²) in [6.07, 6.45) is 2.29. The van der Waals surface area contributed by atoms with Gasteiger partial charge in [0.25, 0.3) is 0 Å². The molecular weight excluding hydrogens is 321 g/mol. The van der Waals surface area contributed by atoms with E-state index in [0.717, 1.165) is 12.8 Å². The highest BCUT2D eigenvalue weighted by atomic mass is 35.5. The molecule has 0 N–H and O–H groups in total. The van der Waals surface area contributed by atoms with E-state index in [1.54, 1.807) is 0 Å². The predicted molar refractivity (Wildman–Crippen MR) is 76.1 cm³/mol. The van der Waals surface area contributed by atoms with Crippen molar-refractivity contribution in [2.45, 2.75) is 25.1 Å². The molecule has 4 nitrogen and oxygen atoms in total. The van der Waals surface area contributed by atoms with Crippen LogP contribution in [-0.4, -0.2) is 33.7 Å². The van der Waals surface area contributed by atoms with Crippen LogP contribution in [0.3, 0.4) is 0 Å². The number of alkyl halides is 1. The van der Waals surface area contributed by atoms with Crippen LogP contribution in [0, 0.1) is 11.7 Å². The standard InChI is InChI=1S/C13H10Cl2F2N4/c14-11-8(17)9-6(4-18-11)12(20-13(15)19-9)21-3-1-2-5-7(16)10(5)21/h4-5,7,10H,1-3H2. The van der Waals surface area contributed by atoms with Gasteiger partial charge in [0.05, 0.1) is 11.4 Å². The summed E-state index contributed by atoms with van der Waals surface area (Å²) in [6.45, 7) is 0.661. The fourth-order valence-electron chi connectivity index (χ4n) is 3.15. The Morgan fingerprint density at radius 2 is 2.10 bits per heavy atom. The van der Waals surface area contributed by atoms with E-state index < -0.39 is 12.0 Å². The maximum atomic E-state index is 14.1. The molecule has 1 saturated heterocycles. The summed E-state index contributed by atoms with van der Waals surface area (Å²) in [6, 6.07) is -0.202. The Morgan fingerprint density at radius 3 is 2.90 bits per heavy atom. The van der Waals surface area contributed by atoms with Crippen LogP contribution in [0.25, 0.3) is 10.9 Å². The lowest BCUT2D eigenvalue weighted by Crippen LogP contribution is -2.33. The smallest absolute Gasteiger partial charge is 0.225 e. The molecular formula is C13H10Cl2F2N4. The summed E-state index contributed by atoms with van der Waals surface area (Å²) in [5.74, 6) is -0.267. The fraction of sp³-hybridized carbons (Fsp3) is 0.462. The highest BCUT2D eigenvalue weighted by molar-refractivity contribution is 6.30. The second kappa shape index (κ2) is 4.61. The number of hydrogen-bond acceptors (Lipinski definition) is 4. The molecule has 1 aliphatic heterocycles. The quantitative estimate of drug-likeness (QED) is 0.593. The van der Waals surface area contributed by atoms with Crippen LogP contribution in [0.4, 0.5) is 14.6 Å². The number of aromatic nitrogens is 3. The Kier molecular flexibility index (Phi) is 2.94. The van der Waals surface area contributed by atoms with Gasteiger partial charge < -0.3 is 4.90 Å². The lowest BCUT2D eigenvalue weighted by molar-refractivity contribution is 0.438. The van der Waals surface area contributed by atoms with E-state index in [4.69, 9.17) is 23.2 Å². The maximum absolute atomic E-state index is 14.1. The van der Waals surface area contributed by atoms with Gasteiger partial charge in [0.2, 0.25) is 5.28 Å². The number of rotatable bonds is 1. The first-order valence-corrected chi connectivity index (χ1v) is 7.41. The molecule has 0 spiro atoms. The van der Waals surface area contributed by atoms with E-state index in [1.807, 2.05) is 4.90 Å². The van der Waals surface area contributed by atoms with Gasteiger partial charge in [-0.1, -0.05) is 11.6 Å². The molecule has 4 rings (SSSR count). The number of fused-ring (bicyclic) bond motifs is 2. The third-order valence-electron chi connectivity index (χ3n) is 4.20.